The molecule has 0 saturated heterocycles. The number of aliphatic carboxylic acids is 1. The van der Waals surface area contributed by atoms with Gasteiger partial charge in [-0.05, 0) is 19.3 Å². The number of hydrogen-bond acceptors (Lipinski definition) is 4. The van der Waals surface area contributed by atoms with Gasteiger partial charge in [-0.2, -0.15) is 0 Å². The van der Waals surface area contributed by atoms with Gasteiger partial charge in [0, 0.05) is 20.1 Å². The predicted molar refractivity (Wildman–Crippen MR) is 77.9 cm³/mol. The standard InChI is InChI=1S/C15H27NO5/c1-21-11-12(6-9-17)16-13(18)10-15(14(19)20)7-4-2-3-5-8-15/h12,17H,2-11H2,1H3,(H,16,18)(H,19,20). The smallest absolute Gasteiger partial charge is 0.310 e. The van der Waals surface area contributed by atoms with Crippen molar-refractivity contribution in [3.8, 4) is 0 Å². The number of nitrogens with one attached hydrogen (secondary N) is 1. The van der Waals surface area contributed by atoms with Crippen molar-refractivity contribution < 1.29 is 24.5 Å². The lowest BCUT2D eigenvalue weighted by atomic mass is 9.77. The van der Waals surface area contributed by atoms with E-state index in [0.717, 1.165) is 25.7 Å². The van der Waals surface area contributed by atoms with E-state index in [0.29, 0.717) is 25.9 Å². The zero-order valence-corrected chi connectivity index (χ0v) is 12.8. The van der Waals surface area contributed by atoms with E-state index in [4.69, 9.17) is 9.84 Å². The molecule has 1 amide bonds. The minimum Gasteiger partial charge on any atom is -0.481 e. The van der Waals surface area contributed by atoms with Crippen molar-refractivity contribution in [2.24, 2.45) is 5.41 Å². The van der Waals surface area contributed by atoms with Crippen LogP contribution in [0.25, 0.3) is 0 Å². The molecule has 1 aliphatic rings. The van der Waals surface area contributed by atoms with E-state index in [-0.39, 0.29) is 25.0 Å². The summed E-state index contributed by atoms with van der Waals surface area (Å²) < 4.78 is 5.00. The van der Waals surface area contributed by atoms with Crippen LogP contribution in [0.2, 0.25) is 0 Å². The summed E-state index contributed by atoms with van der Waals surface area (Å²) in [5, 5.41) is 21.3. The molecular weight excluding hydrogens is 274 g/mol. The molecule has 0 bridgehead atoms. The van der Waals surface area contributed by atoms with Crippen molar-refractivity contribution in [1.29, 1.82) is 0 Å². The average molecular weight is 301 g/mol. The van der Waals surface area contributed by atoms with Crippen molar-refractivity contribution in [2.45, 2.75) is 57.4 Å². The number of hydrogen-bond donors (Lipinski definition) is 3. The maximum Gasteiger partial charge on any atom is 0.310 e. The van der Waals surface area contributed by atoms with Crippen molar-refractivity contribution >= 4 is 11.9 Å². The second kappa shape index (κ2) is 9.00. The fraction of sp³-hybridized carbons (Fsp3) is 0.867. The van der Waals surface area contributed by atoms with Crippen LogP contribution >= 0.6 is 0 Å². The molecule has 6 heteroatoms. The monoisotopic (exact) mass is 301 g/mol. The lowest BCUT2D eigenvalue weighted by Crippen LogP contribution is -2.43. The highest BCUT2D eigenvalue weighted by atomic mass is 16.5. The first-order chi connectivity index (χ1) is 10.0. The lowest BCUT2D eigenvalue weighted by molar-refractivity contribution is -0.153. The van der Waals surface area contributed by atoms with Gasteiger partial charge in [0.2, 0.25) is 5.91 Å². The summed E-state index contributed by atoms with van der Waals surface area (Å²) in [6, 6.07) is -0.274. The van der Waals surface area contributed by atoms with Gasteiger partial charge >= 0.3 is 5.97 Å². The van der Waals surface area contributed by atoms with Gasteiger partial charge in [-0.1, -0.05) is 25.7 Å². The molecular formula is C15H27NO5. The highest BCUT2D eigenvalue weighted by molar-refractivity contribution is 5.85. The Balaban J connectivity index is 2.65. The van der Waals surface area contributed by atoms with Crippen LogP contribution in [-0.4, -0.2) is 48.5 Å². The Kier molecular flexibility index (Phi) is 7.67. The van der Waals surface area contributed by atoms with Gasteiger partial charge in [0.15, 0.2) is 0 Å². The van der Waals surface area contributed by atoms with E-state index in [1.54, 1.807) is 0 Å². The summed E-state index contributed by atoms with van der Waals surface area (Å²) in [5.74, 6) is -1.14. The molecule has 1 saturated carbocycles. The molecule has 1 atom stereocenters. The summed E-state index contributed by atoms with van der Waals surface area (Å²) in [7, 11) is 1.53. The van der Waals surface area contributed by atoms with E-state index in [1.807, 2.05) is 0 Å². The molecule has 1 rings (SSSR count). The fourth-order valence-electron chi connectivity index (χ4n) is 3.01. The first-order valence-electron chi connectivity index (χ1n) is 7.66. The Morgan fingerprint density at radius 1 is 1.24 bits per heavy atom. The summed E-state index contributed by atoms with van der Waals surface area (Å²) in [6.07, 6.45) is 5.32. The van der Waals surface area contributed by atoms with Crippen molar-refractivity contribution in [3.05, 3.63) is 0 Å². The summed E-state index contributed by atoms with van der Waals surface area (Å²) in [6.45, 7) is 0.269. The van der Waals surface area contributed by atoms with Crippen LogP contribution < -0.4 is 5.32 Å². The van der Waals surface area contributed by atoms with E-state index < -0.39 is 11.4 Å². The third-order valence-electron chi connectivity index (χ3n) is 4.22. The Hall–Kier alpha value is -1.14. The third kappa shape index (κ3) is 5.63. The lowest BCUT2D eigenvalue weighted by Gasteiger charge is -2.28. The number of carboxylic acids is 1. The van der Waals surface area contributed by atoms with E-state index in [1.165, 1.54) is 7.11 Å². The molecule has 0 aliphatic heterocycles. The summed E-state index contributed by atoms with van der Waals surface area (Å²) in [5.41, 5.74) is -0.933. The number of ether oxygens (including phenoxy) is 1. The highest BCUT2D eigenvalue weighted by Gasteiger charge is 2.40. The molecule has 3 N–H and O–H groups in total. The molecule has 1 unspecified atom stereocenters. The van der Waals surface area contributed by atoms with Gasteiger partial charge in [0.05, 0.1) is 18.1 Å². The number of amides is 1. The SMILES string of the molecule is COCC(CCO)NC(=O)CC1(C(=O)O)CCCCCC1. The molecule has 0 radical (unpaired) electrons. The quantitative estimate of drug-likeness (QED) is 0.588. The predicted octanol–water partition coefficient (Wildman–Crippen LogP) is 1.32. The number of aliphatic hydroxyl groups excluding tert-OH is 1. The van der Waals surface area contributed by atoms with Gasteiger partial charge in [0.1, 0.15) is 0 Å². The van der Waals surface area contributed by atoms with Crippen LogP contribution in [-0.2, 0) is 14.3 Å². The molecule has 1 aliphatic carbocycles. The Bertz CT molecular complexity index is 331. The van der Waals surface area contributed by atoms with Crippen LogP contribution in [0.15, 0.2) is 0 Å². The van der Waals surface area contributed by atoms with Crippen LogP contribution in [0.5, 0.6) is 0 Å². The highest BCUT2D eigenvalue weighted by Crippen LogP contribution is 2.38. The normalized spacial score (nSPS) is 19.5. The molecule has 6 nitrogen and oxygen atoms in total. The van der Waals surface area contributed by atoms with E-state index in [2.05, 4.69) is 5.32 Å². The second-order valence-electron chi connectivity index (χ2n) is 5.91. The fourth-order valence-corrected chi connectivity index (χ4v) is 3.01. The number of carbonyl (C=O) groups is 2. The molecule has 0 aromatic rings. The number of methoxy groups -OCH3 is 1. The van der Waals surface area contributed by atoms with Crippen LogP contribution in [0.1, 0.15) is 51.4 Å². The number of carbonyl (C=O) groups excluding carboxylic acids is 1. The van der Waals surface area contributed by atoms with Gasteiger partial charge in [0.25, 0.3) is 0 Å². The molecule has 0 aromatic heterocycles. The minimum atomic E-state index is -0.933. The second-order valence-corrected chi connectivity index (χ2v) is 5.91. The minimum absolute atomic E-state index is 0.00791. The van der Waals surface area contributed by atoms with Crippen molar-refractivity contribution in [3.63, 3.8) is 0 Å². The first-order valence-corrected chi connectivity index (χ1v) is 7.66. The number of aliphatic hydroxyl groups is 1. The van der Waals surface area contributed by atoms with Crippen molar-refractivity contribution in [2.75, 3.05) is 20.3 Å². The largest absolute Gasteiger partial charge is 0.481 e. The van der Waals surface area contributed by atoms with Crippen LogP contribution in [0, 0.1) is 5.41 Å². The topological polar surface area (TPSA) is 95.9 Å². The number of carboxylic acid groups (broad SMARTS) is 1. The van der Waals surface area contributed by atoms with Crippen LogP contribution in [0.3, 0.4) is 0 Å². The van der Waals surface area contributed by atoms with Crippen molar-refractivity contribution in [1.82, 2.24) is 5.32 Å². The zero-order chi connectivity index (χ0) is 15.7. The molecule has 0 aromatic carbocycles. The average Bonchev–Trinajstić information content (AvgIpc) is 2.65. The molecule has 1 fully saturated rings. The van der Waals surface area contributed by atoms with E-state index in [9.17, 15) is 14.7 Å². The first kappa shape index (κ1) is 17.9. The Morgan fingerprint density at radius 3 is 2.33 bits per heavy atom. The maximum atomic E-state index is 12.2. The van der Waals surface area contributed by atoms with Gasteiger partial charge in [-0.3, -0.25) is 9.59 Å². The van der Waals surface area contributed by atoms with Gasteiger partial charge in [-0.15, -0.1) is 0 Å². The Morgan fingerprint density at radius 2 is 1.86 bits per heavy atom. The number of rotatable bonds is 8. The van der Waals surface area contributed by atoms with Gasteiger partial charge < -0.3 is 20.3 Å². The van der Waals surface area contributed by atoms with E-state index >= 15 is 0 Å². The summed E-state index contributed by atoms with van der Waals surface area (Å²) in [4.78, 5) is 23.8. The third-order valence-corrected chi connectivity index (χ3v) is 4.22. The molecule has 21 heavy (non-hydrogen) atoms. The summed E-state index contributed by atoms with van der Waals surface area (Å²) >= 11 is 0. The maximum absolute atomic E-state index is 12.2. The molecule has 122 valence electrons. The van der Waals surface area contributed by atoms with Gasteiger partial charge in [-0.25, -0.2) is 0 Å². The Labute approximate surface area is 125 Å². The zero-order valence-electron chi connectivity index (χ0n) is 12.8. The molecule has 0 heterocycles. The van der Waals surface area contributed by atoms with Crippen LogP contribution in [0.4, 0.5) is 0 Å². The molecule has 0 spiro atoms.